The number of hydrogen-bond acceptors (Lipinski definition) is 4. The molecule has 5 heteroatoms. The van der Waals surface area contributed by atoms with Crippen LogP contribution in [0.25, 0.3) is 5.52 Å². The van der Waals surface area contributed by atoms with Crippen molar-refractivity contribution in [3.63, 3.8) is 0 Å². The quantitative estimate of drug-likeness (QED) is 0.785. The molecule has 4 nitrogen and oxygen atoms in total. The maximum Gasteiger partial charge on any atom is 0.152 e. The van der Waals surface area contributed by atoms with Crippen molar-refractivity contribution in [2.45, 2.75) is 20.4 Å². The van der Waals surface area contributed by atoms with Gasteiger partial charge in [0.2, 0.25) is 0 Å². The highest BCUT2D eigenvalue weighted by molar-refractivity contribution is 7.08. The third-order valence-corrected chi connectivity index (χ3v) is 3.83. The third-order valence-electron chi connectivity index (χ3n) is 2.92. The molecule has 0 aliphatic carbocycles. The predicted molar refractivity (Wildman–Crippen MR) is 74.1 cm³/mol. The number of nitrogens with one attached hydrogen (secondary N) is 1. The molecule has 18 heavy (non-hydrogen) atoms. The van der Waals surface area contributed by atoms with Crippen molar-refractivity contribution in [3.05, 3.63) is 46.0 Å². The second kappa shape index (κ2) is 4.42. The van der Waals surface area contributed by atoms with Gasteiger partial charge in [-0.05, 0) is 41.8 Å². The van der Waals surface area contributed by atoms with Gasteiger partial charge in [0, 0.05) is 18.9 Å². The number of rotatable bonds is 3. The van der Waals surface area contributed by atoms with Crippen molar-refractivity contribution in [1.82, 2.24) is 14.6 Å². The number of aromatic nitrogens is 3. The molecule has 0 aliphatic heterocycles. The summed E-state index contributed by atoms with van der Waals surface area (Å²) in [6, 6.07) is 2.04. The zero-order chi connectivity index (χ0) is 12.5. The lowest BCUT2D eigenvalue weighted by Gasteiger charge is -2.06. The monoisotopic (exact) mass is 258 g/mol. The van der Waals surface area contributed by atoms with E-state index in [4.69, 9.17) is 0 Å². The molecule has 0 amide bonds. The second-order valence-corrected chi connectivity index (χ2v) is 5.07. The second-order valence-electron chi connectivity index (χ2n) is 4.32. The standard InChI is InChI=1S/C13H14N4S/c1-9-7-18-8-11(9)6-15-13-12-5-10(2)16-17(12)4-3-14-13/h3-5,7-8H,6H2,1-2H3,(H,14,15). The van der Waals surface area contributed by atoms with Gasteiger partial charge < -0.3 is 5.32 Å². The van der Waals surface area contributed by atoms with Gasteiger partial charge in [0.05, 0.1) is 5.69 Å². The SMILES string of the molecule is Cc1cc2c(NCc3cscc3C)nccn2n1. The third kappa shape index (κ3) is 1.97. The first-order valence-electron chi connectivity index (χ1n) is 5.80. The van der Waals surface area contributed by atoms with E-state index < -0.39 is 0 Å². The van der Waals surface area contributed by atoms with Gasteiger partial charge in [-0.1, -0.05) is 0 Å². The number of aryl methyl sites for hydroxylation is 2. The number of hydrogen-bond donors (Lipinski definition) is 1. The van der Waals surface area contributed by atoms with Crippen LogP contribution in [0.2, 0.25) is 0 Å². The van der Waals surface area contributed by atoms with Crippen molar-refractivity contribution in [1.29, 1.82) is 0 Å². The Morgan fingerprint density at radius 3 is 3.00 bits per heavy atom. The van der Waals surface area contributed by atoms with Gasteiger partial charge in [-0.25, -0.2) is 9.50 Å². The van der Waals surface area contributed by atoms with E-state index in [-0.39, 0.29) is 0 Å². The Labute approximate surface area is 109 Å². The van der Waals surface area contributed by atoms with Gasteiger partial charge >= 0.3 is 0 Å². The Morgan fingerprint density at radius 1 is 1.33 bits per heavy atom. The predicted octanol–water partition coefficient (Wildman–Crippen LogP) is 3.02. The zero-order valence-corrected chi connectivity index (χ0v) is 11.2. The summed E-state index contributed by atoms with van der Waals surface area (Å²) >= 11 is 1.73. The minimum atomic E-state index is 0.798. The van der Waals surface area contributed by atoms with Gasteiger partial charge in [0.25, 0.3) is 0 Å². The van der Waals surface area contributed by atoms with Crippen molar-refractivity contribution in [2.75, 3.05) is 5.32 Å². The molecule has 0 bridgehead atoms. The Balaban J connectivity index is 1.88. The normalized spacial score (nSPS) is 11.0. The van der Waals surface area contributed by atoms with Gasteiger partial charge in [0.1, 0.15) is 5.52 Å². The van der Waals surface area contributed by atoms with Crippen molar-refractivity contribution < 1.29 is 0 Å². The van der Waals surface area contributed by atoms with Crippen molar-refractivity contribution in [2.24, 2.45) is 0 Å². The fourth-order valence-corrected chi connectivity index (χ4v) is 2.78. The molecule has 0 saturated heterocycles. The van der Waals surface area contributed by atoms with Crippen LogP contribution < -0.4 is 5.32 Å². The van der Waals surface area contributed by atoms with E-state index in [1.807, 2.05) is 23.7 Å². The van der Waals surface area contributed by atoms with E-state index in [0.717, 1.165) is 23.6 Å². The lowest BCUT2D eigenvalue weighted by Crippen LogP contribution is -2.03. The first kappa shape index (κ1) is 11.2. The minimum absolute atomic E-state index is 0.798. The molecular formula is C13H14N4S. The molecule has 3 aromatic rings. The summed E-state index contributed by atoms with van der Waals surface area (Å²) in [5.74, 6) is 0.878. The molecule has 0 aromatic carbocycles. The molecule has 1 N–H and O–H groups in total. The maximum atomic E-state index is 4.38. The zero-order valence-electron chi connectivity index (χ0n) is 10.3. The Hall–Kier alpha value is -1.88. The Kier molecular flexibility index (Phi) is 2.76. The van der Waals surface area contributed by atoms with Crippen LogP contribution >= 0.6 is 11.3 Å². The molecular weight excluding hydrogens is 244 g/mol. The first-order valence-corrected chi connectivity index (χ1v) is 6.75. The summed E-state index contributed by atoms with van der Waals surface area (Å²) in [6.45, 7) is 4.91. The molecule has 0 spiro atoms. The number of anilines is 1. The lowest BCUT2D eigenvalue weighted by molar-refractivity contribution is 0.920. The highest BCUT2D eigenvalue weighted by atomic mass is 32.1. The summed E-state index contributed by atoms with van der Waals surface area (Å²) in [5.41, 5.74) is 4.66. The van der Waals surface area contributed by atoms with Crippen LogP contribution in [0.1, 0.15) is 16.8 Å². The van der Waals surface area contributed by atoms with Crippen molar-refractivity contribution >= 4 is 22.7 Å². The highest BCUT2D eigenvalue weighted by Crippen LogP contribution is 2.18. The summed E-state index contributed by atoms with van der Waals surface area (Å²) in [5, 5.41) is 12.1. The Morgan fingerprint density at radius 2 is 2.22 bits per heavy atom. The van der Waals surface area contributed by atoms with E-state index >= 15 is 0 Å². The molecule has 3 aromatic heterocycles. The molecule has 0 fully saturated rings. The average molecular weight is 258 g/mol. The molecule has 0 radical (unpaired) electrons. The average Bonchev–Trinajstić information content (AvgIpc) is 2.91. The summed E-state index contributed by atoms with van der Waals surface area (Å²) in [7, 11) is 0. The smallest absolute Gasteiger partial charge is 0.152 e. The number of thiophene rings is 1. The molecule has 0 unspecified atom stereocenters. The largest absolute Gasteiger partial charge is 0.364 e. The molecule has 0 saturated carbocycles. The summed E-state index contributed by atoms with van der Waals surface area (Å²) in [4.78, 5) is 4.38. The van der Waals surface area contributed by atoms with E-state index in [9.17, 15) is 0 Å². The molecule has 3 rings (SSSR count). The van der Waals surface area contributed by atoms with E-state index in [0.29, 0.717) is 0 Å². The van der Waals surface area contributed by atoms with Crippen LogP contribution in [-0.2, 0) is 6.54 Å². The fourth-order valence-electron chi connectivity index (χ4n) is 1.93. The number of fused-ring (bicyclic) bond motifs is 1. The van der Waals surface area contributed by atoms with Crippen LogP contribution in [-0.4, -0.2) is 14.6 Å². The molecule has 0 aliphatic rings. The maximum absolute atomic E-state index is 4.38. The van der Waals surface area contributed by atoms with Crippen LogP contribution in [0.4, 0.5) is 5.82 Å². The minimum Gasteiger partial charge on any atom is -0.364 e. The van der Waals surface area contributed by atoms with Crippen LogP contribution in [0.15, 0.2) is 29.2 Å². The van der Waals surface area contributed by atoms with Crippen LogP contribution in [0, 0.1) is 13.8 Å². The van der Waals surface area contributed by atoms with Gasteiger partial charge in [0.15, 0.2) is 5.82 Å². The molecule has 3 heterocycles. The molecule has 0 atom stereocenters. The lowest BCUT2D eigenvalue weighted by atomic mass is 10.2. The van der Waals surface area contributed by atoms with Crippen molar-refractivity contribution in [3.8, 4) is 0 Å². The molecule has 92 valence electrons. The van der Waals surface area contributed by atoms with Crippen LogP contribution in [0.3, 0.4) is 0 Å². The van der Waals surface area contributed by atoms with E-state index in [1.54, 1.807) is 17.5 Å². The topological polar surface area (TPSA) is 42.2 Å². The Bertz CT molecular complexity index is 683. The van der Waals surface area contributed by atoms with Gasteiger partial charge in [-0.3, -0.25) is 0 Å². The summed E-state index contributed by atoms with van der Waals surface area (Å²) in [6.07, 6.45) is 3.63. The van der Waals surface area contributed by atoms with Crippen LogP contribution in [0.5, 0.6) is 0 Å². The van der Waals surface area contributed by atoms with E-state index in [1.165, 1.54) is 11.1 Å². The highest BCUT2D eigenvalue weighted by Gasteiger charge is 2.06. The number of nitrogens with zero attached hydrogens (tertiary/aromatic N) is 3. The van der Waals surface area contributed by atoms with Gasteiger partial charge in [-0.15, -0.1) is 0 Å². The fraction of sp³-hybridized carbons (Fsp3) is 0.231. The first-order chi connectivity index (χ1) is 8.74. The van der Waals surface area contributed by atoms with E-state index in [2.05, 4.69) is 33.1 Å². The summed E-state index contributed by atoms with van der Waals surface area (Å²) < 4.78 is 1.85. The van der Waals surface area contributed by atoms with Gasteiger partial charge in [-0.2, -0.15) is 16.4 Å².